The minimum absolute atomic E-state index is 0.125. The maximum atomic E-state index is 12.7. The van der Waals surface area contributed by atoms with Crippen molar-refractivity contribution >= 4 is 11.6 Å². The van der Waals surface area contributed by atoms with E-state index in [2.05, 4.69) is 65.1 Å². The normalized spacial score (nSPS) is 12.7. The lowest BCUT2D eigenvalue weighted by Crippen LogP contribution is -2.24. The van der Waals surface area contributed by atoms with Gasteiger partial charge in [0.2, 0.25) is 5.91 Å². The summed E-state index contributed by atoms with van der Waals surface area (Å²) < 4.78 is 0. The topological polar surface area (TPSA) is 29.1 Å². The standard InChI is InChI=1S/C20H33NO/c1-7-9-11-16(8-2)20(22)21-19-17(14(3)4)12-10-13-18(19)15(5)6/h10,12-16H,7-9,11H2,1-6H3,(H,21,22)/t16-/m0/s1. The van der Waals surface area contributed by atoms with Crippen LogP contribution >= 0.6 is 0 Å². The second-order valence-corrected chi connectivity index (χ2v) is 6.86. The Balaban J connectivity index is 3.06. The van der Waals surface area contributed by atoms with Gasteiger partial charge in [0, 0.05) is 11.6 Å². The molecule has 1 rings (SSSR count). The SMILES string of the molecule is CCCC[C@H](CC)C(=O)Nc1c(C(C)C)cccc1C(C)C. The Morgan fingerprint density at radius 2 is 1.59 bits per heavy atom. The molecule has 1 aromatic carbocycles. The Kier molecular flexibility index (Phi) is 7.64. The molecule has 2 nitrogen and oxygen atoms in total. The predicted molar refractivity (Wildman–Crippen MR) is 96.6 cm³/mol. The minimum atomic E-state index is 0.125. The molecular formula is C20H33NO. The van der Waals surface area contributed by atoms with Gasteiger partial charge in [0.1, 0.15) is 0 Å². The van der Waals surface area contributed by atoms with Crippen molar-refractivity contribution in [3.63, 3.8) is 0 Å². The number of rotatable bonds is 8. The molecule has 0 spiro atoms. The van der Waals surface area contributed by atoms with Crippen LogP contribution in [0.25, 0.3) is 0 Å². The Hall–Kier alpha value is -1.31. The van der Waals surface area contributed by atoms with E-state index in [1.807, 2.05) is 0 Å². The molecule has 0 radical (unpaired) electrons. The molecule has 0 saturated carbocycles. The Morgan fingerprint density at radius 3 is 2.00 bits per heavy atom. The number of hydrogen-bond donors (Lipinski definition) is 1. The van der Waals surface area contributed by atoms with Crippen molar-refractivity contribution in [1.29, 1.82) is 0 Å². The highest BCUT2D eigenvalue weighted by Gasteiger charge is 2.20. The van der Waals surface area contributed by atoms with Gasteiger partial charge in [-0.25, -0.2) is 0 Å². The largest absolute Gasteiger partial charge is 0.325 e. The van der Waals surface area contributed by atoms with Crippen molar-refractivity contribution < 1.29 is 4.79 Å². The van der Waals surface area contributed by atoms with Crippen molar-refractivity contribution in [1.82, 2.24) is 0 Å². The highest BCUT2D eigenvalue weighted by Crippen LogP contribution is 2.33. The summed E-state index contributed by atoms with van der Waals surface area (Å²) in [6.07, 6.45) is 4.16. The molecule has 0 fully saturated rings. The van der Waals surface area contributed by atoms with Gasteiger partial charge in [-0.2, -0.15) is 0 Å². The van der Waals surface area contributed by atoms with E-state index in [0.717, 1.165) is 31.4 Å². The summed E-state index contributed by atoms with van der Waals surface area (Å²) in [6.45, 7) is 13.0. The van der Waals surface area contributed by atoms with Crippen molar-refractivity contribution in [3.8, 4) is 0 Å². The molecule has 0 aliphatic heterocycles. The molecule has 0 saturated heterocycles. The molecule has 22 heavy (non-hydrogen) atoms. The second-order valence-electron chi connectivity index (χ2n) is 6.86. The lowest BCUT2D eigenvalue weighted by atomic mass is 9.91. The van der Waals surface area contributed by atoms with Gasteiger partial charge in [-0.1, -0.05) is 72.6 Å². The van der Waals surface area contributed by atoms with Crippen LogP contribution < -0.4 is 5.32 Å². The smallest absolute Gasteiger partial charge is 0.227 e. The molecular weight excluding hydrogens is 270 g/mol. The van der Waals surface area contributed by atoms with E-state index < -0.39 is 0 Å². The molecule has 0 unspecified atom stereocenters. The number of hydrogen-bond acceptors (Lipinski definition) is 1. The fourth-order valence-electron chi connectivity index (χ4n) is 2.89. The number of carbonyl (C=O) groups excluding carboxylic acids is 1. The molecule has 0 aliphatic rings. The lowest BCUT2D eigenvalue weighted by molar-refractivity contribution is -0.120. The van der Waals surface area contributed by atoms with Crippen LogP contribution in [-0.2, 0) is 4.79 Å². The van der Waals surface area contributed by atoms with Gasteiger partial charge < -0.3 is 5.32 Å². The molecule has 1 atom stereocenters. The first kappa shape index (κ1) is 18.7. The zero-order valence-corrected chi connectivity index (χ0v) is 15.2. The summed E-state index contributed by atoms with van der Waals surface area (Å²) in [5.74, 6) is 1.13. The summed E-state index contributed by atoms with van der Waals surface area (Å²) >= 11 is 0. The van der Waals surface area contributed by atoms with Crippen molar-refractivity contribution in [3.05, 3.63) is 29.3 Å². The van der Waals surface area contributed by atoms with Crippen LogP contribution in [0.3, 0.4) is 0 Å². The molecule has 2 heteroatoms. The van der Waals surface area contributed by atoms with Crippen LogP contribution in [0.4, 0.5) is 5.69 Å². The average Bonchev–Trinajstić information content (AvgIpc) is 2.47. The summed E-state index contributed by atoms with van der Waals surface area (Å²) in [7, 11) is 0. The molecule has 1 N–H and O–H groups in total. The Labute approximate surface area is 136 Å². The monoisotopic (exact) mass is 303 g/mol. The van der Waals surface area contributed by atoms with Crippen LogP contribution in [0, 0.1) is 5.92 Å². The Bertz CT molecular complexity index is 450. The maximum absolute atomic E-state index is 12.7. The first-order valence-corrected chi connectivity index (χ1v) is 8.85. The van der Waals surface area contributed by atoms with Gasteiger partial charge in [0.05, 0.1) is 0 Å². The summed E-state index contributed by atoms with van der Waals surface area (Å²) in [5, 5.41) is 3.26. The summed E-state index contributed by atoms with van der Waals surface area (Å²) in [4.78, 5) is 12.7. The fourth-order valence-corrected chi connectivity index (χ4v) is 2.89. The number of amides is 1. The number of benzene rings is 1. The second kappa shape index (κ2) is 8.97. The zero-order chi connectivity index (χ0) is 16.7. The number of nitrogens with one attached hydrogen (secondary N) is 1. The molecule has 0 aliphatic carbocycles. The van der Waals surface area contributed by atoms with Gasteiger partial charge in [-0.3, -0.25) is 4.79 Å². The molecule has 1 aromatic rings. The van der Waals surface area contributed by atoms with Gasteiger partial charge in [-0.15, -0.1) is 0 Å². The van der Waals surface area contributed by atoms with E-state index in [4.69, 9.17) is 0 Å². The molecule has 0 bridgehead atoms. The third-order valence-corrected chi connectivity index (χ3v) is 4.39. The first-order valence-electron chi connectivity index (χ1n) is 8.85. The molecule has 124 valence electrons. The van der Waals surface area contributed by atoms with E-state index in [1.54, 1.807) is 0 Å². The predicted octanol–water partition coefficient (Wildman–Crippen LogP) is 6.09. The van der Waals surface area contributed by atoms with Crippen LogP contribution in [-0.4, -0.2) is 5.91 Å². The van der Waals surface area contributed by atoms with E-state index in [0.29, 0.717) is 11.8 Å². The summed E-state index contributed by atoms with van der Waals surface area (Å²) in [5.41, 5.74) is 3.53. The van der Waals surface area contributed by atoms with Crippen molar-refractivity contribution in [2.24, 2.45) is 5.92 Å². The van der Waals surface area contributed by atoms with Gasteiger partial charge in [0.25, 0.3) is 0 Å². The third-order valence-electron chi connectivity index (χ3n) is 4.39. The van der Waals surface area contributed by atoms with Crippen LogP contribution in [0.2, 0.25) is 0 Å². The number of anilines is 1. The lowest BCUT2D eigenvalue weighted by Gasteiger charge is -2.22. The van der Waals surface area contributed by atoms with E-state index in [1.165, 1.54) is 11.1 Å². The molecule has 0 heterocycles. The van der Waals surface area contributed by atoms with Crippen molar-refractivity contribution in [2.75, 3.05) is 5.32 Å². The molecule has 0 aromatic heterocycles. The fraction of sp³-hybridized carbons (Fsp3) is 0.650. The third kappa shape index (κ3) is 4.86. The van der Waals surface area contributed by atoms with E-state index in [9.17, 15) is 4.79 Å². The first-order chi connectivity index (χ1) is 10.4. The van der Waals surface area contributed by atoms with Gasteiger partial charge >= 0.3 is 0 Å². The Morgan fingerprint density at radius 1 is 1.05 bits per heavy atom. The quantitative estimate of drug-likeness (QED) is 0.618. The van der Waals surface area contributed by atoms with Crippen LogP contribution in [0.1, 0.15) is 90.2 Å². The maximum Gasteiger partial charge on any atom is 0.227 e. The highest BCUT2D eigenvalue weighted by molar-refractivity contribution is 5.94. The minimum Gasteiger partial charge on any atom is -0.325 e. The van der Waals surface area contributed by atoms with E-state index >= 15 is 0 Å². The van der Waals surface area contributed by atoms with Gasteiger partial charge in [-0.05, 0) is 35.8 Å². The van der Waals surface area contributed by atoms with Crippen LogP contribution in [0.15, 0.2) is 18.2 Å². The zero-order valence-electron chi connectivity index (χ0n) is 15.2. The number of unbranched alkanes of at least 4 members (excludes halogenated alkanes) is 1. The van der Waals surface area contributed by atoms with Crippen LogP contribution in [0.5, 0.6) is 0 Å². The number of para-hydroxylation sites is 1. The van der Waals surface area contributed by atoms with Gasteiger partial charge in [0.15, 0.2) is 0 Å². The van der Waals surface area contributed by atoms with Crippen molar-refractivity contribution in [2.45, 2.75) is 79.1 Å². The average molecular weight is 303 g/mol. The van der Waals surface area contributed by atoms with E-state index in [-0.39, 0.29) is 11.8 Å². The highest BCUT2D eigenvalue weighted by atomic mass is 16.1. The number of carbonyl (C=O) groups is 1. The molecule has 1 amide bonds. The summed E-state index contributed by atoms with van der Waals surface area (Å²) in [6, 6.07) is 6.38.